The number of carbonyl (C=O) groups is 1. The van der Waals surface area contributed by atoms with E-state index in [9.17, 15) is 4.79 Å². The molecule has 22 heavy (non-hydrogen) atoms. The number of carboxylic acid groups (broad SMARTS) is 1. The van der Waals surface area contributed by atoms with Crippen molar-refractivity contribution >= 4 is 5.97 Å². The van der Waals surface area contributed by atoms with Gasteiger partial charge in [-0.1, -0.05) is 18.2 Å². The van der Waals surface area contributed by atoms with Crippen LogP contribution in [0.15, 0.2) is 59.2 Å². The standard InChI is InChI=1S/C17H13NO4/c1-21-14-7-3-4-11(9-14)15-10-22-16(18-15)12-5-2-6-13(8-12)17(19)20/h2-10H,1H3,(H,19,20). The van der Waals surface area contributed by atoms with Crippen molar-refractivity contribution in [2.75, 3.05) is 7.11 Å². The van der Waals surface area contributed by atoms with Crippen molar-refractivity contribution in [3.63, 3.8) is 0 Å². The molecule has 0 bridgehead atoms. The number of benzene rings is 2. The smallest absolute Gasteiger partial charge is 0.335 e. The fraction of sp³-hybridized carbons (Fsp3) is 0.0588. The van der Waals surface area contributed by atoms with Gasteiger partial charge >= 0.3 is 5.97 Å². The Morgan fingerprint density at radius 1 is 1.14 bits per heavy atom. The second-order valence-corrected chi connectivity index (χ2v) is 4.66. The normalized spacial score (nSPS) is 10.4. The molecule has 1 heterocycles. The van der Waals surface area contributed by atoms with Gasteiger partial charge in [-0.25, -0.2) is 9.78 Å². The van der Waals surface area contributed by atoms with E-state index in [1.807, 2.05) is 24.3 Å². The van der Waals surface area contributed by atoms with Crippen LogP contribution in [-0.2, 0) is 0 Å². The SMILES string of the molecule is COc1cccc(-c2coc(-c3cccc(C(=O)O)c3)n2)c1. The minimum Gasteiger partial charge on any atom is -0.497 e. The topological polar surface area (TPSA) is 72.6 Å². The Morgan fingerprint density at radius 3 is 2.68 bits per heavy atom. The molecule has 0 unspecified atom stereocenters. The second kappa shape index (κ2) is 5.73. The summed E-state index contributed by atoms with van der Waals surface area (Å²) in [5.41, 5.74) is 2.34. The van der Waals surface area contributed by atoms with Crippen LogP contribution in [0.4, 0.5) is 0 Å². The van der Waals surface area contributed by atoms with E-state index in [-0.39, 0.29) is 5.56 Å². The third-order valence-corrected chi connectivity index (χ3v) is 3.23. The van der Waals surface area contributed by atoms with Gasteiger partial charge in [-0.15, -0.1) is 0 Å². The summed E-state index contributed by atoms with van der Waals surface area (Å²) in [6.45, 7) is 0. The zero-order chi connectivity index (χ0) is 15.5. The molecule has 1 N–H and O–H groups in total. The van der Waals surface area contributed by atoms with Crippen molar-refractivity contribution in [1.29, 1.82) is 0 Å². The second-order valence-electron chi connectivity index (χ2n) is 4.66. The number of aromatic nitrogens is 1. The Morgan fingerprint density at radius 2 is 1.91 bits per heavy atom. The van der Waals surface area contributed by atoms with E-state index in [1.54, 1.807) is 19.2 Å². The Kier molecular flexibility index (Phi) is 3.62. The number of hydrogen-bond acceptors (Lipinski definition) is 4. The van der Waals surface area contributed by atoms with Gasteiger partial charge in [-0.2, -0.15) is 0 Å². The van der Waals surface area contributed by atoms with Crippen molar-refractivity contribution in [3.8, 4) is 28.5 Å². The molecule has 110 valence electrons. The lowest BCUT2D eigenvalue weighted by atomic mass is 10.1. The summed E-state index contributed by atoms with van der Waals surface area (Å²) in [5, 5.41) is 9.03. The predicted octanol–water partition coefficient (Wildman–Crippen LogP) is 3.72. The molecular formula is C17H13NO4. The summed E-state index contributed by atoms with van der Waals surface area (Å²) in [4.78, 5) is 15.4. The number of hydrogen-bond donors (Lipinski definition) is 1. The average molecular weight is 295 g/mol. The molecule has 0 fully saturated rings. The third-order valence-electron chi connectivity index (χ3n) is 3.23. The van der Waals surface area contributed by atoms with Gasteiger partial charge in [0.2, 0.25) is 5.89 Å². The first-order valence-corrected chi connectivity index (χ1v) is 6.61. The molecule has 0 aliphatic heterocycles. The van der Waals surface area contributed by atoms with Crippen molar-refractivity contribution in [2.45, 2.75) is 0 Å². The Bertz CT molecular complexity index is 823. The molecule has 5 nitrogen and oxygen atoms in total. The van der Waals surface area contributed by atoms with Crippen LogP contribution in [0.25, 0.3) is 22.7 Å². The maximum absolute atomic E-state index is 11.0. The molecule has 0 aliphatic carbocycles. The number of nitrogens with zero attached hydrogens (tertiary/aromatic N) is 1. The summed E-state index contributed by atoms with van der Waals surface area (Å²) in [6.07, 6.45) is 1.54. The van der Waals surface area contributed by atoms with Crippen molar-refractivity contribution < 1.29 is 19.1 Å². The van der Waals surface area contributed by atoms with E-state index < -0.39 is 5.97 Å². The van der Waals surface area contributed by atoms with Crippen LogP contribution in [0.3, 0.4) is 0 Å². The molecule has 0 atom stereocenters. The van der Waals surface area contributed by atoms with E-state index in [0.717, 1.165) is 11.3 Å². The van der Waals surface area contributed by atoms with Crippen LogP contribution >= 0.6 is 0 Å². The fourth-order valence-corrected chi connectivity index (χ4v) is 2.11. The largest absolute Gasteiger partial charge is 0.497 e. The molecule has 2 aromatic carbocycles. The van der Waals surface area contributed by atoms with Gasteiger partial charge in [0.05, 0.1) is 12.7 Å². The first-order chi connectivity index (χ1) is 10.7. The lowest BCUT2D eigenvalue weighted by Gasteiger charge is -2.01. The van der Waals surface area contributed by atoms with Crippen LogP contribution in [-0.4, -0.2) is 23.2 Å². The number of aromatic carboxylic acids is 1. The average Bonchev–Trinajstić information content (AvgIpc) is 3.05. The molecule has 0 saturated carbocycles. The summed E-state index contributed by atoms with van der Waals surface area (Å²) >= 11 is 0. The highest BCUT2D eigenvalue weighted by Gasteiger charge is 2.11. The number of methoxy groups -OCH3 is 1. The first kappa shape index (κ1) is 13.9. The van der Waals surface area contributed by atoms with Gasteiger partial charge in [0, 0.05) is 11.1 Å². The Hall–Kier alpha value is -3.08. The lowest BCUT2D eigenvalue weighted by Crippen LogP contribution is -1.95. The fourth-order valence-electron chi connectivity index (χ4n) is 2.11. The quantitative estimate of drug-likeness (QED) is 0.794. The molecule has 3 rings (SSSR count). The molecule has 1 aromatic heterocycles. The highest BCUT2D eigenvalue weighted by molar-refractivity contribution is 5.89. The minimum atomic E-state index is -0.985. The predicted molar refractivity (Wildman–Crippen MR) is 80.9 cm³/mol. The molecule has 0 amide bonds. The Labute approximate surface area is 126 Å². The van der Waals surface area contributed by atoms with Crippen LogP contribution < -0.4 is 4.74 Å². The van der Waals surface area contributed by atoms with Gasteiger partial charge in [0.1, 0.15) is 17.7 Å². The molecule has 0 saturated heterocycles. The molecule has 3 aromatic rings. The van der Waals surface area contributed by atoms with E-state index >= 15 is 0 Å². The zero-order valence-electron chi connectivity index (χ0n) is 11.8. The maximum Gasteiger partial charge on any atom is 0.335 e. The number of carboxylic acids is 1. The van der Waals surface area contributed by atoms with Crippen LogP contribution in [0.5, 0.6) is 5.75 Å². The molecule has 0 spiro atoms. The third kappa shape index (κ3) is 2.69. The van der Waals surface area contributed by atoms with Crippen LogP contribution in [0.1, 0.15) is 10.4 Å². The van der Waals surface area contributed by atoms with E-state index in [1.165, 1.54) is 18.4 Å². The Balaban J connectivity index is 1.96. The van der Waals surface area contributed by atoms with E-state index in [4.69, 9.17) is 14.3 Å². The summed E-state index contributed by atoms with van der Waals surface area (Å²) < 4.78 is 10.7. The number of ether oxygens (including phenoxy) is 1. The molecule has 0 aliphatic rings. The van der Waals surface area contributed by atoms with Crippen LogP contribution in [0.2, 0.25) is 0 Å². The maximum atomic E-state index is 11.0. The molecular weight excluding hydrogens is 282 g/mol. The monoisotopic (exact) mass is 295 g/mol. The van der Waals surface area contributed by atoms with Crippen molar-refractivity contribution in [3.05, 3.63) is 60.4 Å². The highest BCUT2D eigenvalue weighted by atomic mass is 16.5. The van der Waals surface area contributed by atoms with Crippen molar-refractivity contribution in [2.24, 2.45) is 0 Å². The van der Waals surface area contributed by atoms with Gasteiger partial charge in [-0.3, -0.25) is 0 Å². The van der Waals surface area contributed by atoms with Gasteiger partial charge in [0.15, 0.2) is 0 Å². The van der Waals surface area contributed by atoms with Gasteiger partial charge in [0.25, 0.3) is 0 Å². The lowest BCUT2D eigenvalue weighted by molar-refractivity contribution is 0.0697. The molecule has 0 radical (unpaired) electrons. The summed E-state index contributed by atoms with van der Waals surface area (Å²) in [6, 6.07) is 13.9. The number of rotatable bonds is 4. The highest BCUT2D eigenvalue weighted by Crippen LogP contribution is 2.27. The minimum absolute atomic E-state index is 0.193. The van der Waals surface area contributed by atoms with Gasteiger partial charge < -0.3 is 14.3 Å². The molecule has 5 heteroatoms. The van der Waals surface area contributed by atoms with E-state index in [2.05, 4.69) is 4.98 Å². The summed E-state index contributed by atoms with van der Waals surface area (Å²) in [7, 11) is 1.60. The number of oxazole rings is 1. The van der Waals surface area contributed by atoms with E-state index in [0.29, 0.717) is 17.1 Å². The van der Waals surface area contributed by atoms with Gasteiger partial charge in [-0.05, 0) is 30.3 Å². The first-order valence-electron chi connectivity index (χ1n) is 6.61. The zero-order valence-corrected chi connectivity index (χ0v) is 11.8. The summed E-state index contributed by atoms with van der Waals surface area (Å²) in [5.74, 6) is 0.122. The van der Waals surface area contributed by atoms with Crippen molar-refractivity contribution in [1.82, 2.24) is 4.98 Å². The van der Waals surface area contributed by atoms with Crippen LogP contribution in [0, 0.1) is 0 Å².